The highest BCUT2D eigenvalue weighted by Gasteiger charge is 2.32. The lowest BCUT2D eigenvalue weighted by molar-refractivity contribution is -0.156. The van der Waals surface area contributed by atoms with Crippen LogP contribution in [0.25, 0.3) is 0 Å². The Hall–Kier alpha value is -1.14. The van der Waals surface area contributed by atoms with Gasteiger partial charge in [-0.25, -0.2) is 4.79 Å². The molecule has 0 aliphatic carbocycles. The summed E-state index contributed by atoms with van der Waals surface area (Å²) in [5.74, 6) is -1.85. The molecule has 1 aliphatic heterocycles. The Morgan fingerprint density at radius 1 is 1.60 bits per heavy atom. The summed E-state index contributed by atoms with van der Waals surface area (Å²) in [4.78, 5) is 21.9. The van der Waals surface area contributed by atoms with Crippen molar-refractivity contribution in [1.29, 1.82) is 0 Å². The quantitative estimate of drug-likeness (QED) is 0.560. The molecular formula is C9H15NO5. The molecule has 1 rings (SSSR count). The zero-order chi connectivity index (χ0) is 11.5. The maximum Gasteiger partial charge on any atom is 0.337 e. The SMILES string of the molecule is CC(O)(CNC(=O)C1CCOC1)C(=O)O. The first-order chi connectivity index (χ1) is 6.93. The molecule has 1 fully saturated rings. The molecule has 86 valence electrons. The van der Waals surface area contributed by atoms with Crippen molar-refractivity contribution in [3.63, 3.8) is 0 Å². The second-order valence-corrected chi connectivity index (χ2v) is 3.86. The lowest BCUT2D eigenvalue weighted by Crippen LogP contribution is -2.47. The van der Waals surface area contributed by atoms with Crippen molar-refractivity contribution in [1.82, 2.24) is 5.32 Å². The van der Waals surface area contributed by atoms with Gasteiger partial charge in [-0.3, -0.25) is 4.79 Å². The van der Waals surface area contributed by atoms with Crippen molar-refractivity contribution < 1.29 is 24.5 Å². The molecule has 3 N–H and O–H groups in total. The van der Waals surface area contributed by atoms with Crippen molar-refractivity contribution in [2.75, 3.05) is 19.8 Å². The normalized spacial score (nSPS) is 24.5. The molecule has 0 saturated carbocycles. The lowest BCUT2D eigenvalue weighted by Gasteiger charge is -2.19. The number of hydrogen-bond acceptors (Lipinski definition) is 4. The van der Waals surface area contributed by atoms with Crippen molar-refractivity contribution in [3.05, 3.63) is 0 Å². The minimum atomic E-state index is -1.92. The largest absolute Gasteiger partial charge is 0.479 e. The predicted molar refractivity (Wildman–Crippen MR) is 50.2 cm³/mol. The highest BCUT2D eigenvalue weighted by Crippen LogP contribution is 2.12. The number of aliphatic carboxylic acids is 1. The van der Waals surface area contributed by atoms with E-state index in [-0.39, 0.29) is 18.4 Å². The van der Waals surface area contributed by atoms with E-state index in [4.69, 9.17) is 9.84 Å². The van der Waals surface area contributed by atoms with Gasteiger partial charge in [0.15, 0.2) is 5.60 Å². The molecule has 1 amide bonds. The summed E-state index contributed by atoms with van der Waals surface area (Å²) >= 11 is 0. The number of ether oxygens (including phenoxy) is 1. The number of carboxylic acid groups (broad SMARTS) is 1. The average Bonchev–Trinajstić information content (AvgIpc) is 2.66. The Labute approximate surface area is 87.2 Å². The maximum atomic E-state index is 11.4. The Morgan fingerprint density at radius 3 is 2.73 bits per heavy atom. The number of amides is 1. The number of carboxylic acids is 1. The van der Waals surface area contributed by atoms with Crippen LogP contribution in [-0.4, -0.2) is 47.4 Å². The van der Waals surface area contributed by atoms with Gasteiger partial charge in [0.05, 0.1) is 19.1 Å². The molecule has 0 aromatic rings. The first-order valence-corrected chi connectivity index (χ1v) is 4.75. The van der Waals surface area contributed by atoms with Crippen LogP contribution in [0.3, 0.4) is 0 Å². The highest BCUT2D eigenvalue weighted by atomic mass is 16.5. The van der Waals surface area contributed by atoms with E-state index in [0.717, 1.165) is 6.92 Å². The summed E-state index contributed by atoms with van der Waals surface area (Å²) in [7, 11) is 0. The fraction of sp³-hybridized carbons (Fsp3) is 0.778. The summed E-state index contributed by atoms with van der Waals surface area (Å²) in [6.45, 7) is 1.76. The molecule has 1 aliphatic rings. The van der Waals surface area contributed by atoms with Crippen molar-refractivity contribution >= 4 is 11.9 Å². The molecule has 0 bridgehead atoms. The molecular weight excluding hydrogens is 202 g/mol. The minimum absolute atomic E-state index is 0.227. The number of hydrogen-bond donors (Lipinski definition) is 3. The van der Waals surface area contributed by atoms with Gasteiger partial charge in [0.1, 0.15) is 0 Å². The van der Waals surface area contributed by atoms with Crippen LogP contribution in [0.5, 0.6) is 0 Å². The van der Waals surface area contributed by atoms with E-state index in [2.05, 4.69) is 5.32 Å². The first-order valence-electron chi connectivity index (χ1n) is 4.75. The van der Waals surface area contributed by atoms with Crippen LogP contribution in [0, 0.1) is 5.92 Å². The molecule has 1 saturated heterocycles. The van der Waals surface area contributed by atoms with Gasteiger partial charge in [-0.2, -0.15) is 0 Å². The molecule has 15 heavy (non-hydrogen) atoms. The van der Waals surface area contributed by atoms with Crippen LogP contribution >= 0.6 is 0 Å². The Bertz CT molecular complexity index is 257. The van der Waals surface area contributed by atoms with E-state index in [1.807, 2.05) is 0 Å². The monoisotopic (exact) mass is 217 g/mol. The fourth-order valence-corrected chi connectivity index (χ4v) is 1.22. The number of rotatable bonds is 4. The standard InChI is InChI=1S/C9H15NO5/c1-9(14,8(12)13)5-10-7(11)6-2-3-15-4-6/h6,14H,2-5H2,1H3,(H,10,11)(H,12,13). The molecule has 2 unspecified atom stereocenters. The number of carbonyl (C=O) groups excluding carboxylic acids is 1. The zero-order valence-corrected chi connectivity index (χ0v) is 8.52. The molecule has 0 spiro atoms. The molecule has 0 aromatic carbocycles. The maximum absolute atomic E-state index is 11.4. The molecule has 6 heteroatoms. The zero-order valence-electron chi connectivity index (χ0n) is 8.52. The number of nitrogens with one attached hydrogen (secondary N) is 1. The van der Waals surface area contributed by atoms with Crippen molar-refractivity contribution in [3.8, 4) is 0 Å². The molecule has 0 aromatic heterocycles. The van der Waals surface area contributed by atoms with Gasteiger partial charge in [0.2, 0.25) is 5.91 Å². The van der Waals surface area contributed by atoms with Crippen molar-refractivity contribution in [2.24, 2.45) is 5.92 Å². The summed E-state index contributed by atoms with van der Waals surface area (Å²) in [5, 5.41) is 20.3. The van der Waals surface area contributed by atoms with E-state index in [1.165, 1.54) is 0 Å². The van der Waals surface area contributed by atoms with Gasteiger partial charge >= 0.3 is 5.97 Å². The van der Waals surface area contributed by atoms with Crippen LogP contribution in [0.4, 0.5) is 0 Å². The van der Waals surface area contributed by atoms with Crippen LogP contribution in [-0.2, 0) is 14.3 Å². The van der Waals surface area contributed by atoms with E-state index in [9.17, 15) is 14.7 Å². The van der Waals surface area contributed by atoms with E-state index < -0.39 is 11.6 Å². The van der Waals surface area contributed by atoms with Gasteiger partial charge in [0, 0.05) is 6.61 Å². The Morgan fingerprint density at radius 2 is 2.27 bits per heavy atom. The summed E-state index contributed by atoms with van der Waals surface area (Å²) in [6, 6.07) is 0. The first kappa shape index (κ1) is 11.9. The summed E-state index contributed by atoms with van der Waals surface area (Å²) in [6.07, 6.45) is 0.640. The smallest absolute Gasteiger partial charge is 0.337 e. The summed E-state index contributed by atoms with van der Waals surface area (Å²) in [5.41, 5.74) is -1.92. The molecule has 1 heterocycles. The van der Waals surface area contributed by atoms with Crippen molar-refractivity contribution in [2.45, 2.75) is 18.9 Å². The van der Waals surface area contributed by atoms with E-state index in [1.54, 1.807) is 0 Å². The van der Waals surface area contributed by atoms with Gasteiger partial charge in [-0.05, 0) is 13.3 Å². The van der Waals surface area contributed by atoms with Crippen LogP contribution < -0.4 is 5.32 Å². The Kier molecular flexibility index (Phi) is 3.65. The minimum Gasteiger partial charge on any atom is -0.479 e. The third-order valence-electron chi connectivity index (χ3n) is 2.37. The number of aliphatic hydroxyl groups is 1. The van der Waals surface area contributed by atoms with Gasteiger partial charge in [-0.15, -0.1) is 0 Å². The second kappa shape index (κ2) is 4.59. The van der Waals surface area contributed by atoms with Gasteiger partial charge in [0.25, 0.3) is 0 Å². The van der Waals surface area contributed by atoms with Gasteiger partial charge < -0.3 is 20.3 Å². The third kappa shape index (κ3) is 3.17. The van der Waals surface area contributed by atoms with Crippen LogP contribution in [0.1, 0.15) is 13.3 Å². The van der Waals surface area contributed by atoms with Crippen LogP contribution in [0.2, 0.25) is 0 Å². The number of carbonyl (C=O) groups is 2. The van der Waals surface area contributed by atoms with Crippen LogP contribution in [0.15, 0.2) is 0 Å². The lowest BCUT2D eigenvalue weighted by atomic mass is 10.1. The Balaban J connectivity index is 2.36. The highest BCUT2D eigenvalue weighted by molar-refractivity contribution is 5.81. The van der Waals surface area contributed by atoms with E-state index in [0.29, 0.717) is 19.6 Å². The molecule has 2 atom stereocenters. The summed E-state index contributed by atoms with van der Waals surface area (Å²) < 4.78 is 5.02. The molecule has 0 radical (unpaired) electrons. The third-order valence-corrected chi connectivity index (χ3v) is 2.37. The van der Waals surface area contributed by atoms with E-state index >= 15 is 0 Å². The predicted octanol–water partition coefficient (Wildman–Crippen LogP) is -1.03. The fourth-order valence-electron chi connectivity index (χ4n) is 1.22. The topological polar surface area (TPSA) is 95.9 Å². The second-order valence-electron chi connectivity index (χ2n) is 3.86. The molecule has 6 nitrogen and oxygen atoms in total. The average molecular weight is 217 g/mol. The van der Waals surface area contributed by atoms with Gasteiger partial charge in [-0.1, -0.05) is 0 Å².